The molecule has 1 saturated heterocycles. The molecule has 6 heteroatoms. The summed E-state index contributed by atoms with van der Waals surface area (Å²) in [5.74, 6) is 0.00117. The molecular weight excluding hydrogens is 310 g/mol. The van der Waals surface area contributed by atoms with Gasteiger partial charge in [0.15, 0.2) is 0 Å². The van der Waals surface area contributed by atoms with Crippen molar-refractivity contribution in [2.75, 3.05) is 19.7 Å². The van der Waals surface area contributed by atoms with E-state index in [-0.39, 0.29) is 30.7 Å². The monoisotopic (exact) mass is 347 g/mol. The van der Waals surface area contributed by atoms with Crippen LogP contribution in [0.2, 0.25) is 0 Å². The third-order valence-corrected chi connectivity index (χ3v) is 2.83. The zero-order valence-corrected chi connectivity index (χ0v) is 16.7. The van der Waals surface area contributed by atoms with Crippen LogP contribution < -0.4 is 0 Å². The highest BCUT2D eigenvalue weighted by Crippen LogP contribution is 2.18. The van der Waals surface area contributed by atoms with E-state index in [1.807, 2.05) is 48.5 Å². The van der Waals surface area contributed by atoms with Gasteiger partial charge < -0.3 is 19.5 Å². The fourth-order valence-corrected chi connectivity index (χ4v) is 2.04. The van der Waals surface area contributed by atoms with Gasteiger partial charge in [-0.25, -0.2) is 4.79 Å². The normalized spacial score (nSPS) is 17.1. The third kappa shape index (κ3) is 14.3. The number of esters is 1. The summed E-state index contributed by atoms with van der Waals surface area (Å²) in [7, 11) is 0. The molecule has 144 valence electrons. The average molecular weight is 347 g/mol. The average Bonchev–Trinajstić information content (AvgIpc) is 2.47. The van der Waals surface area contributed by atoms with E-state index in [0.29, 0.717) is 6.54 Å². The zero-order chi connectivity index (χ0) is 19.3. The van der Waals surface area contributed by atoms with E-state index in [4.69, 9.17) is 9.84 Å². The zero-order valence-electron chi connectivity index (χ0n) is 16.7. The van der Waals surface area contributed by atoms with Crippen molar-refractivity contribution in [3.8, 4) is 0 Å². The molecule has 0 bridgehead atoms. The van der Waals surface area contributed by atoms with Gasteiger partial charge in [0, 0.05) is 26.6 Å². The Bertz CT molecular complexity index is 350. The summed E-state index contributed by atoms with van der Waals surface area (Å²) in [6, 6.07) is 0. The first kappa shape index (κ1) is 24.9. The summed E-state index contributed by atoms with van der Waals surface area (Å²) < 4.78 is 9.89. The van der Waals surface area contributed by atoms with E-state index in [2.05, 4.69) is 4.74 Å². The number of hydrogen-bond acceptors (Lipinski definition) is 5. The van der Waals surface area contributed by atoms with Crippen LogP contribution in [-0.2, 0) is 14.3 Å². The summed E-state index contributed by atoms with van der Waals surface area (Å²) in [6.07, 6.45) is 1.71. The smallest absolute Gasteiger partial charge is 0.410 e. The lowest BCUT2D eigenvalue weighted by molar-refractivity contribution is -0.144. The van der Waals surface area contributed by atoms with E-state index in [9.17, 15) is 9.59 Å². The van der Waals surface area contributed by atoms with E-state index in [0.717, 1.165) is 19.4 Å². The van der Waals surface area contributed by atoms with Crippen molar-refractivity contribution in [2.24, 2.45) is 5.92 Å². The second kappa shape index (κ2) is 13.0. The highest BCUT2D eigenvalue weighted by molar-refractivity contribution is 5.68. The number of nitrogens with zero attached hydrogens (tertiary/aromatic N) is 1. The first-order chi connectivity index (χ1) is 11.0. The fourth-order valence-electron chi connectivity index (χ4n) is 2.04. The predicted octanol–water partition coefficient (Wildman–Crippen LogP) is 3.61. The topological polar surface area (TPSA) is 76.1 Å². The lowest BCUT2D eigenvalue weighted by Crippen LogP contribution is -2.43. The fraction of sp³-hybridized carbons (Fsp3) is 0.889. The van der Waals surface area contributed by atoms with Crippen LogP contribution >= 0.6 is 0 Å². The number of rotatable bonds is 2. The van der Waals surface area contributed by atoms with Gasteiger partial charge in [-0.15, -0.1) is 0 Å². The number of ether oxygens (including phenoxy) is 2. The lowest BCUT2D eigenvalue weighted by atomic mass is 9.99. The Morgan fingerprint density at radius 1 is 1.25 bits per heavy atom. The van der Waals surface area contributed by atoms with Gasteiger partial charge in [0.1, 0.15) is 5.60 Å². The summed E-state index contributed by atoms with van der Waals surface area (Å²) in [4.78, 5) is 23.4. The van der Waals surface area contributed by atoms with E-state index >= 15 is 0 Å². The van der Waals surface area contributed by atoms with E-state index in [1.165, 1.54) is 6.92 Å². The molecule has 6 nitrogen and oxygen atoms in total. The Morgan fingerprint density at radius 2 is 1.79 bits per heavy atom. The van der Waals surface area contributed by atoms with Gasteiger partial charge >= 0.3 is 12.1 Å². The summed E-state index contributed by atoms with van der Waals surface area (Å²) in [5, 5.41) is 9.04. The van der Waals surface area contributed by atoms with Gasteiger partial charge in [-0.3, -0.25) is 4.79 Å². The molecule has 1 atom stereocenters. The Labute approximate surface area is 147 Å². The number of carbonyl (C=O) groups excluding carboxylic acids is 2. The molecule has 1 fully saturated rings. The molecule has 0 radical (unpaired) electrons. The minimum atomic E-state index is -0.441. The quantitative estimate of drug-likeness (QED) is 0.772. The first-order valence-electron chi connectivity index (χ1n) is 8.81. The minimum Gasteiger partial charge on any atom is -0.463 e. The van der Waals surface area contributed by atoms with Gasteiger partial charge in [-0.1, -0.05) is 13.8 Å². The van der Waals surface area contributed by atoms with Crippen LogP contribution in [0.3, 0.4) is 0 Å². The van der Waals surface area contributed by atoms with Crippen LogP contribution in [0.15, 0.2) is 0 Å². The molecule has 1 aliphatic rings. The van der Waals surface area contributed by atoms with Crippen LogP contribution in [0.4, 0.5) is 4.79 Å². The lowest BCUT2D eigenvalue weighted by Gasteiger charge is -2.33. The van der Waals surface area contributed by atoms with Gasteiger partial charge in [-0.05, 0) is 53.4 Å². The molecule has 0 aliphatic carbocycles. The molecule has 1 unspecified atom stereocenters. The molecule has 24 heavy (non-hydrogen) atoms. The molecular formula is C18H37NO5. The second-order valence-electron chi connectivity index (χ2n) is 6.78. The van der Waals surface area contributed by atoms with E-state index < -0.39 is 5.60 Å². The Balaban J connectivity index is 0. The summed E-state index contributed by atoms with van der Waals surface area (Å²) in [5.41, 5.74) is -0.441. The van der Waals surface area contributed by atoms with Crippen LogP contribution in [0.25, 0.3) is 0 Å². The van der Waals surface area contributed by atoms with Gasteiger partial charge in [0.05, 0.1) is 6.10 Å². The number of aliphatic hydroxyl groups excluding tert-OH is 1. The number of hydrogen-bond donors (Lipinski definition) is 1. The molecule has 0 saturated carbocycles. The van der Waals surface area contributed by atoms with Gasteiger partial charge in [0.2, 0.25) is 0 Å². The van der Waals surface area contributed by atoms with Gasteiger partial charge in [-0.2, -0.15) is 0 Å². The van der Waals surface area contributed by atoms with Crippen molar-refractivity contribution in [1.29, 1.82) is 0 Å². The number of piperidine rings is 1. The maximum absolute atomic E-state index is 11.7. The molecule has 0 aromatic heterocycles. The van der Waals surface area contributed by atoms with Crippen molar-refractivity contribution >= 4 is 12.1 Å². The summed E-state index contributed by atoms with van der Waals surface area (Å²) >= 11 is 0. The molecule has 1 amide bonds. The van der Waals surface area contributed by atoms with Crippen molar-refractivity contribution in [2.45, 2.75) is 79.9 Å². The Hall–Kier alpha value is -1.30. The molecule has 1 aliphatic heterocycles. The molecule has 1 heterocycles. The number of aliphatic hydroxyl groups is 1. The van der Waals surface area contributed by atoms with Crippen LogP contribution in [0.1, 0.15) is 68.2 Å². The number of carbonyl (C=O) groups is 2. The molecule has 0 spiro atoms. The standard InChI is InChI=1S/C11H21NO3.C5H10O2.C2H6/c1-11(2,3)15-10(14)12-6-4-5-9(7-12)8-13;1-4(2)7-5(3)6;1-2/h9,13H,4-8H2,1-3H3;4H,1-3H3;1-2H3. The highest BCUT2D eigenvalue weighted by atomic mass is 16.6. The minimum absolute atomic E-state index is 0.0255. The van der Waals surface area contributed by atoms with Crippen molar-refractivity contribution < 1.29 is 24.2 Å². The largest absolute Gasteiger partial charge is 0.463 e. The maximum atomic E-state index is 11.7. The van der Waals surface area contributed by atoms with E-state index in [1.54, 1.807) is 4.90 Å². The van der Waals surface area contributed by atoms with Crippen molar-refractivity contribution in [1.82, 2.24) is 4.90 Å². The SMILES string of the molecule is CC.CC(=O)OC(C)C.CC(C)(C)OC(=O)N1CCCC(CO)C1. The summed E-state index contributed by atoms with van der Waals surface area (Å²) in [6.45, 7) is 16.1. The Morgan fingerprint density at radius 3 is 2.12 bits per heavy atom. The van der Waals surface area contributed by atoms with Crippen LogP contribution in [0.5, 0.6) is 0 Å². The number of likely N-dealkylation sites (tertiary alicyclic amines) is 1. The molecule has 0 aromatic carbocycles. The van der Waals surface area contributed by atoms with Crippen molar-refractivity contribution in [3.63, 3.8) is 0 Å². The second-order valence-corrected chi connectivity index (χ2v) is 6.78. The van der Waals surface area contributed by atoms with Crippen LogP contribution in [-0.4, -0.2) is 53.5 Å². The predicted molar refractivity (Wildman–Crippen MR) is 95.9 cm³/mol. The van der Waals surface area contributed by atoms with Crippen molar-refractivity contribution in [3.05, 3.63) is 0 Å². The highest BCUT2D eigenvalue weighted by Gasteiger charge is 2.26. The molecule has 1 N–H and O–H groups in total. The van der Waals surface area contributed by atoms with Gasteiger partial charge in [0.25, 0.3) is 0 Å². The maximum Gasteiger partial charge on any atom is 0.410 e. The first-order valence-corrected chi connectivity index (χ1v) is 8.81. The third-order valence-electron chi connectivity index (χ3n) is 2.83. The number of amides is 1. The molecule has 1 rings (SSSR count). The Kier molecular flexibility index (Phi) is 13.6. The molecule has 0 aromatic rings. The van der Waals surface area contributed by atoms with Crippen LogP contribution in [0, 0.1) is 5.92 Å².